The third-order valence-electron chi connectivity index (χ3n) is 12.4. The second-order valence-electron chi connectivity index (χ2n) is 16.0. The lowest BCUT2D eigenvalue weighted by Gasteiger charge is -2.13. The number of rotatable bonds is 5. The number of aromatic nitrogens is 4. The number of hydrogen-bond donors (Lipinski definition) is 0. The van der Waals surface area contributed by atoms with Crippen LogP contribution in [0.1, 0.15) is 0 Å². The highest BCUT2D eigenvalue weighted by Gasteiger charge is 2.22. The Morgan fingerprint density at radius 1 is 0.339 bits per heavy atom. The molecule has 0 saturated heterocycles. The zero-order chi connectivity index (χ0) is 40.7. The molecule has 0 unspecified atom stereocenters. The molecule has 4 nitrogen and oxygen atoms in total. The summed E-state index contributed by atoms with van der Waals surface area (Å²) in [5.74, 6) is 1.81. The Balaban J connectivity index is 1.09. The number of para-hydroxylation sites is 1. The Morgan fingerprint density at radius 2 is 0.935 bits per heavy atom. The molecule has 0 saturated carbocycles. The molecule has 13 aromatic rings. The summed E-state index contributed by atoms with van der Waals surface area (Å²) in [4.78, 5) is 16.0. The molecular weight excluding hydrogens is 773 g/mol. The summed E-state index contributed by atoms with van der Waals surface area (Å²) in [6.07, 6.45) is 0. The molecule has 13 rings (SSSR count). The van der Waals surface area contributed by atoms with Crippen molar-refractivity contribution in [2.24, 2.45) is 0 Å². The van der Waals surface area contributed by atoms with Gasteiger partial charge in [0.05, 0.1) is 11.0 Å². The molecule has 0 radical (unpaired) electrons. The Morgan fingerprint density at radius 3 is 1.74 bits per heavy atom. The van der Waals surface area contributed by atoms with Crippen molar-refractivity contribution < 1.29 is 0 Å². The minimum absolute atomic E-state index is 0.572. The molecule has 0 atom stereocenters. The maximum absolute atomic E-state index is 5.41. The Hall–Kier alpha value is -7.99. The first-order valence-electron chi connectivity index (χ1n) is 20.9. The summed E-state index contributed by atoms with van der Waals surface area (Å²) in [6.45, 7) is 0. The molecule has 0 bridgehead atoms. The molecule has 3 aromatic heterocycles. The van der Waals surface area contributed by atoms with Gasteiger partial charge in [-0.3, -0.25) is 4.57 Å². The number of nitrogens with zero attached hydrogens (tertiary/aromatic N) is 4. The fraction of sp³-hybridized carbons (Fsp3) is 0. The lowest BCUT2D eigenvalue weighted by Crippen LogP contribution is -2.07. The fourth-order valence-electron chi connectivity index (χ4n) is 9.48. The summed E-state index contributed by atoms with van der Waals surface area (Å²) >= 11 is 1.86. The number of benzene rings is 10. The SMILES string of the molecule is c1ccc(-c2ccc(-c3nc(-c4ccc5ccccc5c4)nc(-n4c5ccc6ccccc6c5c5cccc(-c6ccc7c(c6)sc6ccc8ccccc8c67)c54)n3)cc2)cc1. The van der Waals surface area contributed by atoms with Gasteiger partial charge >= 0.3 is 0 Å². The third-order valence-corrected chi connectivity index (χ3v) is 13.5. The zero-order valence-corrected chi connectivity index (χ0v) is 34.1. The van der Waals surface area contributed by atoms with E-state index in [1.807, 2.05) is 17.4 Å². The highest BCUT2D eigenvalue weighted by atomic mass is 32.1. The first-order chi connectivity index (χ1) is 30.7. The molecule has 5 heteroatoms. The van der Waals surface area contributed by atoms with E-state index in [9.17, 15) is 0 Å². The van der Waals surface area contributed by atoms with Crippen molar-refractivity contribution in [2.75, 3.05) is 0 Å². The Kier molecular flexibility index (Phi) is 7.74. The predicted octanol–water partition coefficient (Wildman–Crippen LogP) is 15.5. The first kappa shape index (κ1) is 34.8. The van der Waals surface area contributed by atoms with E-state index >= 15 is 0 Å². The van der Waals surface area contributed by atoms with Gasteiger partial charge in [0.1, 0.15) is 0 Å². The minimum atomic E-state index is 0.572. The second kappa shape index (κ2) is 13.8. The van der Waals surface area contributed by atoms with Crippen molar-refractivity contribution in [1.82, 2.24) is 19.5 Å². The lowest BCUT2D eigenvalue weighted by atomic mass is 9.98. The van der Waals surface area contributed by atoms with Gasteiger partial charge in [-0.15, -0.1) is 11.3 Å². The summed E-state index contributed by atoms with van der Waals surface area (Å²) in [6, 6.07) is 73.9. The molecule has 10 aromatic carbocycles. The molecule has 0 spiro atoms. The van der Waals surface area contributed by atoms with Gasteiger partial charge in [0, 0.05) is 47.6 Å². The minimum Gasteiger partial charge on any atom is -0.277 e. The molecule has 0 aliphatic heterocycles. The van der Waals surface area contributed by atoms with E-state index in [4.69, 9.17) is 15.0 Å². The van der Waals surface area contributed by atoms with Crippen LogP contribution in [-0.2, 0) is 0 Å². The van der Waals surface area contributed by atoms with Gasteiger partial charge in [0.25, 0.3) is 0 Å². The van der Waals surface area contributed by atoms with E-state index in [2.05, 4.69) is 205 Å². The van der Waals surface area contributed by atoms with Crippen molar-refractivity contribution in [1.29, 1.82) is 0 Å². The molecule has 0 N–H and O–H groups in total. The summed E-state index contributed by atoms with van der Waals surface area (Å²) in [5, 5.41) is 12.2. The quantitative estimate of drug-likeness (QED) is 0.174. The summed E-state index contributed by atoms with van der Waals surface area (Å²) < 4.78 is 4.84. The third kappa shape index (κ3) is 5.49. The average Bonchev–Trinajstić information content (AvgIpc) is 3.90. The average molecular weight is 807 g/mol. The van der Waals surface area contributed by atoms with Crippen LogP contribution in [-0.4, -0.2) is 19.5 Å². The van der Waals surface area contributed by atoms with Crippen LogP contribution < -0.4 is 0 Å². The van der Waals surface area contributed by atoms with Crippen LogP contribution in [0.3, 0.4) is 0 Å². The largest absolute Gasteiger partial charge is 0.277 e. The summed E-state index contributed by atoms with van der Waals surface area (Å²) in [5.41, 5.74) is 8.53. The van der Waals surface area contributed by atoms with Crippen LogP contribution in [0.25, 0.3) is 125 Å². The smallest absolute Gasteiger partial charge is 0.238 e. The number of thiophene rings is 1. The van der Waals surface area contributed by atoms with Crippen molar-refractivity contribution in [3.05, 3.63) is 206 Å². The van der Waals surface area contributed by atoms with Crippen LogP contribution in [0.2, 0.25) is 0 Å². The predicted molar refractivity (Wildman–Crippen MR) is 261 cm³/mol. The van der Waals surface area contributed by atoms with E-state index in [0.717, 1.165) is 49.6 Å². The van der Waals surface area contributed by atoms with E-state index in [1.165, 1.54) is 58.1 Å². The highest BCUT2D eigenvalue weighted by molar-refractivity contribution is 7.26. The van der Waals surface area contributed by atoms with Gasteiger partial charge in [-0.1, -0.05) is 182 Å². The maximum Gasteiger partial charge on any atom is 0.238 e. The monoisotopic (exact) mass is 806 g/mol. The standard InChI is InChI=1S/C57H34N4S/c1-2-11-35(12-3-1)37-21-24-40(25-22-37)55-58-56(43-26-23-36-13-4-5-16-41(36)33-43)60-57(59-55)61-49-31-28-38-14-6-8-17-44(38)52(49)48-20-10-19-46(54(48)61)42-27-30-47-51(34-42)62-50-32-29-39-15-7-9-18-45(39)53(47)50/h1-34H. The molecular formula is C57H34N4S. The van der Waals surface area contributed by atoms with Gasteiger partial charge in [-0.2, -0.15) is 9.97 Å². The molecule has 0 fully saturated rings. The second-order valence-corrected chi connectivity index (χ2v) is 17.1. The van der Waals surface area contributed by atoms with E-state index < -0.39 is 0 Å². The molecule has 288 valence electrons. The van der Waals surface area contributed by atoms with Crippen LogP contribution in [0, 0.1) is 0 Å². The van der Waals surface area contributed by atoms with Gasteiger partial charge in [-0.05, 0) is 73.3 Å². The van der Waals surface area contributed by atoms with Gasteiger partial charge in [0.2, 0.25) is 5.95 Å². The van der Waals surface area contributed by atoms with Gasteiger partial charge in [0.15, 0.2) is 11.6 Å². The van der Waals surface area contributed by atoms with Gasteiger partial charge < -0.3 is 0 Å². The van der Waals surface area contributed by atoms with Crippen LogP contribution in [0.4, 0.5) is 0 Å². The molecule has 3 heterocycles. The van der Waals surface area contributed by atoms with E-state index in [-0.39, 0.29) is 0 Å². The molecule has 62 heavy (non-hydrogen) atoms. The zero-order valence-electron chi connectivity index (χ0n) is 33.3. The van der Waals surface area contributed by atoms with Crippen LogP contribution in [0.15, 0.2) is 206 Å². The highest BCUT2D eigenvalue weighted by Crippen LogP contribution is 2.44. The topological polar surface area (TPSA) is 43.6 Å². The van der Waals surface area contributed by atoms with Gasteiger partial charge in [-0.25, -0.2) is 4.98 Å². The Bertz CT molecular complexity index is 3920. The van der Waals surface area contributed by atoms with Crippen molar-refractivity contribution in [3.8, 4) is 51.0 Å². The van der Waals surface area contributed by atoms with Crippen LogP contribution >= 0.6 is 11.3 Å². The van der Waals surface area contributed by atoms with E-state index in [0.29, 0.717) is 17.6 Å². The van der Waals surface area contributed by atoms with Crippen molar-refractivity contribution in [2.45, 2.75) is 0 Å². The molecule has 0 aliphatic carbocycles. The first-order valence-corrected chi connectivity index (χ1v) is 21.7. The molecule has 0 amide bonds. The fourth-order valence-corrected chi connectivity index (χ4v) is 10.6. The normalized spacial score (nSPS) is 11.9. The van der Waals surface area contributed by atoms with Crippen molar-refractivity contribution in [3.63, 3.8) is 0 Å². The maximum atomic E-state index is 5.41. The lowest BCUT2D eigenvalue weighted by molar-refractivity contribution is 0.954. The molecule has 0 aliphatic rings. The Labute approximate surface area is 360 Å². The number of hydrogen-bond acceptors (Lipinski definition) is 4. The van der Waals surface area contributed by atoms with Crippen LogP contribution in [0.5, 0.6) is 0 Å². The van der Waals surface area contributed by atoms with E-state index in [1.54, 1.807) is 0 Å². The van der Waals surface area contributed by atoms with Crippen molar-refractivity contribution >= 4 is 85.6 Å². The summed E-state index contributed by atoms with van der Waals surface area (Å²) in [7, 11) is 0. The number of fused-ring (bicyclic) bond motifs is 11.